The molecular formula is C20H27F3N2O. The zero-order chi connectivity index (χ0) is 19.2. The predicted octanol–water partition coefficient (Wildman–Crippen LogP) is 4.71. The number of hydrogen-bond acceptors (Lipinski definition) is 3. The molecule has 144 valence electrons. The van der Waals surface area contributed by atoms with E-state index in [1.165, 1.54) is 18.7 Å². The van der Waals surface area contributed by atoms with Crippen LogP contribution in [0.5, 0.6) is 0 Å². The van der Waals surface area contributed by atoms with Crippen molar-refractivity contribution in [3.63, 3.8) is 0 Å². The highest BCUT2D eigenvalue weighted by atomic mass is 19.4. The first-order chi connectivity index (χ1) is 12.3. The fourth-order valence-corrected chi connectivity index (χ4v) is 3.02. The van der Waals surface area contributed by atoms with Crippen LogP contribution in [0.2, 0.25) is 0 Å². The van der Waals surface area contributed by atoms with Gasteiger partial charge in [-0.3, -0.25) is 4.74 Å². The van der Waals surface area contributed by atoms with Gasteiger partial charge in [-0.25, -0.2) is 0 Å². The van der Waals surface area contributed by atoms with E-state index in [1.54, 1.807) is 6.08 Å². The summed E-state index contributed by atoms with van der Waals surface area (Å²) in [7, 11) is 2.14. The largest absolute Gasteiger partial charge is 0.523 e. The standard InChI is InChI=1S/C20H27F3N2O/c1-4-17(7-6-16(2)26-20(21,22)23)18-8-10-19(11-9-18)25-13-5-12-24(3)14-15-25/h4,6-11,16H,5,12-15H2,1-3H3/b7-6-,17-4+. The minimum Gasteiger partial charge on any atom is -0.370 e. The summed E-state index contributed by atoms with van der Waals surface area (Å²) in [6.45, 7) is 7.43. The highest BCUT2D eigenvalue weighted by molar-refractivity contribution is 5.74. The molecule has 1 heterocycles. The van der Waals surface area contributed by atoms with Gasteiger partial charge in [-0.2, -0.15) is 0 Å². The fourth-order valence-electron chi connectivity index (χ4n) is 3.02. The van der Waals surface area contributed by atoms with Crippen LogP contribution in [-0.4, -0.2) is 50.6 Å². The molecule has 1 unspecified atom stereocenters. The quantitative estimate of drug-likeness (QED) is 0.700. The predicted molar refractivity (Wildman–Crippen MR) is 100 cm³/mol. The number of hydrogen-bond donors (Lipinski definition) is 0. The SMILES string of the molecule is C/C=C(\C=C/C(C)OC(F)(F)F)c1ccc(N2CCCN(C)CC2)cc1. The minimum absolute atomic E-state index is 0.866. The van der Waals surface area contributed by atoms with E-state index in [1.807, 2.05) is 25.1 Å². The summed E-state index contributed by atoms with van der Waals surface area (Å²) in [5, 5.41) is 0. The zero-order valence-electron chi connectivity index (χ0n) is 15.6. The van der Waals surface area contributed by atoms with Crippen LogP contribution >= 0.6 is 0 Å². The van der Waals surface area contributed by atoms with Crippen molar-refractivity contribution in [1.29, 1.82) is 0 Å². The number of likely N-dealkylation sites (N-methyl/N-ethyl adjacent to an activating group) is 1. The Kier molecular flexibility index (Phi) is 7.29. The molecule has 1 aromatic rings. The van der Waals surface area contributed by atoms with Crippen molar-refractivity contribution in [1.82, 2.24) is 4.90 Å². The molecular weight excluding hydrogens is 341 g/mol. The average molecular weight is 368 g/mol. The molecule has 1 aliphatic rings. The number of alkyl halides is 3. The molecule has 26 heavy (non-hydrogen) atoms. The Morgan fingerprint density at radius 1 is 1.12 bits per heavy atom. The molecule has 0 N–H and O–H groups in total. The third-order valence-corrected chi connectivity index (χ3v) is 4.46. The molecule has 0 bridgehead atoms. The summed E-state index contributed by atoms with van der Waals surface area (Å²) in [5.74, 6) is 0. The summed E-state index contributed by atoms with van der Waals surface area (Å²) < 4.78 is 40.7. The lowest BCUT2D eigenvalue weighted by Gasteiger charge is -2.23. The van der Waals surface area contributed by atoms with Crippen molar-refractivity contribution < 1.29 is 17.9 Å². The lowest BCUT2D eigenvalue weighted by atomic mass is 10.0. The van der Waals surface area contributed by atoms with Crippen LogP contribution in [0.1, 0.15) is 25.8 Å². The molecule has 0 saturated carbocycles. The topological polar surface area (TPSA) is 15.7 Å². The van der Waals surface area contributed by atoms with E-state index in [2.05, 4.69) is 33.7 Å². The molecule has 1 aliphatic heterocycles. The maximum Gasteiger partial charge on any atom is 0.523 e. The first-order valence-electron chi connectivity index (χ1n) is 8.91. The number of ether oxygens (including phenoxy) is 1. The van der Waals surface area contributed by atoms with E-state index in [0.29, 0.717) is 0 Å². The minimum atomic E-state index is -4.62. The van der Waals surface area contributed by atoms with Crippen LogP contribution in [0.15, 0.2) is 42.5 Å². The van der Waals surface area contributed by atoms with Crippen molar-refractivity contribution in [2.75, 3.05) is 38.1 Å². The van der Waals surface area contributed by atoms with Crippen LogP contribution in [0.3, 0.4) is 0 Å². The van der Waals surface area contributed by atoms with Crippen LogP contribution in [0.25, 0.3) is 5.57 Å². The second-order valence-electron chi connectivity index (χ2n) is 6.56. The second-order valence-corrected chi connectivity index (χ2v) is 6.56. The summed E-state index contributed by atoms with van der Waals surface area (Å²) in [5.41, 5.74) is 3.01. The smallest absolute Gasteiger partial charge is 0.370 e. The van der Waals surface area contributed by atoms with Crippen molar-refractivity contribution in [2.24, 2.45) is 0 Å². The number of halogens is 3. The number of anilines is 1. The second kappa shape index (κ2) is 9.24. The molecule has 1 saturated heterocycles. The van der Waals surface area contributed by atoms with Gasteiger partial charge in [0.15, 0.2) is 0 Å². The monoisotopic (exact) mass is 368 g/mol. The molecule has 0 amide bonds. The zero-order valence-corrected chi connectivity index (χ0v) is 15.6. The van der Waals surface area contributed by atoms with Gasteiger partial charge in [0.1, 0.15) is 0 Å². The van der Waals surface area contributed by atoms with Gasteiger partial charge in [-0.15, -0.1) is 13.2 Å². The Bertz CT molecular complexity index is 623. The normalized spacial score (nSPS) is 19.0. The van der Waals surface area contributed by atoms with Crippen LogP contribution in [0.4, 0.5) is 18.9 Å². The van der Waals surface area contributed by atoms with E-state index in [0.717, 1.165) is 43.7 Å². The third-order valence-electron chi connectivity index (χ3n) is 4.46. The van der Waals surface area contributed by atoms with E-state index in [-0.39, 0.29) is 0 Å². The highest BCUT2D eigenvalue weighted by Crippen LogP contribution is 2.23. The van der Waals surface area contributed by atoms with Gasteiger partial charge in [0.2, 0.25) is 0 Å². The first-order valence-corrected chi connectivity index (χ1v) is 8.91. The van der Waals surface area contributed by atoms with Gasteiger partial charge in [0.25, 0.3) is 0 Å². The van der Waals surface area contributed by atoms with Gasteiger partial charge in [0, 0.05) is 25.3 Å². The van der Waals surface area contributed by atoms with E-state index in [4.69, 9.17) is 0 Å². The Labute approximate surface area is 153 Å². The summed E-state index contributed by atoms with van der Waals surface area (Å²) >= 11 is 0. The molecule has 0 aromatic heterocycles. The van der Waals surface area contributed by atoms with E-state index >= 15 is 0 Å². The first kappa shape index (κ1) is 20.5. The number of benzene rings is 1. The Morgan fingerprint density at radius 3 is 2.42 bits per heavy atom. The molecule has 0 radical (unpaired) electrons. The van der Waals surface area contributed by atoms with E-state index < -0.39 is 12.5 Å². The molecule has 1 atom stereocenters. The van der Waals surface area contributed by atoms with Crippen molar-refractivity contribution >= 4 is 11.3 Å². The number of nitrogens with zero attached hydrogens (tertiary/aromatic N) is 2. The highest BCUT2D eigenvalue weighted by Gasteiger charge is 2.31. The summed E-state index contributed by atoms with van der Waals surface area (Å²) in [6, 6.07) is 8.18. The molecule has 1 fully saturated rings. The Hall–Kier alpha value is -1.79. The summed E-state index contributed by atoms with van der Waals surface area (Å²) in [6.07, 6.45) is 0.458. The van der Waals surface area contributed by atoms with Gasteiger partial charge in [-0.1, -0.05) is 30.4 Å². The van der Waals surface area contributed by atoms with Gasteiger partial charge >= 0.3 is 6.36 Å². The lowest BCUT2D eigenvalue weighted by Crippen LogP contribution is -2.28. The lowest BCUT2D eigenvalue weighted by molar-refractivity contribution is -0.334. The van der Waals surface area contributed by atoms with Crippen LogP contribution < -0.4 is 4.90 Å². The van der Waals surface area contributed by atoms with Crippen molar-refractivity contribution in [2.45, 2.75) is 32.7 Å². The summed E-state index contributed by atoms with van der Waals surface area (Å²) in [4.78, 5) is 4.71. The van der Waals surface area contributed by atoms with Crippen molar-refractivity contribution in [3.05, 3.63) is 48.1 Å². The maximum atomic E-state index is 12.2. The average Bonchev–Trinajstić information content (AvgIpc) is 2.79. The van der Waals surface area contributed by atoms with E-state index in [9.17, 15) is 13.2 Å². The molecule has 6 heteroatoms. The number of allylic oxidation sites excluding steroid dienone is 3. The third kappa shape index (κ3) is 6.50. The molecule has 1 aromatic carbocycles. The van der Waals surface area contributed by atoms with Crippen molar-refractivity contribution in [3.8, 4) is 0 Å². The Balaban J connectivity index is 2.03. The van der Waals surface area contributed by atoms with Gasteiger partial charge < -0.3 is 9.80 Å². The van der Waals surface area contributed by atoms with Gasteiger partial charge in [0.05, 0.1) is 6.10 Å². The molecule has 3 nitrogen and oxygen atoms in total. The molecule has 0 spiro atoms. The molecule has 0 aliphatic carbocycles. The van der Waals surface area contributed by atoms with Gasteiger partial charge in [-0.05, 0) is 57.1 Å². The molecule has 2 rings (SSSR count). The number of rotatable bonds is 5. The van der Waals surface area contributed by atoms with Crippen LogP contribution in [-0.2, 0) is 4.74 Å². The van der Waals surface area contributed by atoms with Crippen LogP contribution in [0, 0.1) is 0 Å². The maximum absolute atomic E-state index is 12.2. The fraction of sp³-hybridized carbons (Fsp3) is 0.500. The Morgan fingerprint density at radius 2 is 1.81 bits per heavy atom.